The van der Waals surface area contributed by atoms with E-state index in [2.05, 4.69) is 10.4 Å². The quantitative estimate of drug-likeness (QED) is 0.515. The van der Waals surface area contributed by atoms with E-state index in [1.807, 2.05) is 60.7 Å². The van der Waals surface area contributed by atoms with Crippen LogP contribution in [0.15, 0.2) is 72.9 Å². The van der Waals surface area contributed by atoms with Crippen molar-refractivity contribution in [3.63, 3.8) is 0 Å². The van der Waals surface area contributed by atoms with Crippen LogP contribution in [0.2, 0.25) is 0 Å². The van der Waals surface area contributed by atoms with Crippen LogP contribution in [0.25, 0.3) is 0 Å². The van der Waals surface area contributed by atoms with Crippen LogP contribution in [0.4, 0.5) is 9.59 Å². The zero-order valence-corrected chi connectivity index (χ0v) is 18.9. The van der Waals surface area contributed by atoms with E-state index in [4.69, 9.17) is 15.2 Å². The molecule has 1 fully saturated rings. The van der Waals surface area contributed by atoms with Crippen molar-refractivity contribution in [2.75, 3.05) is 13.1 Å². The largest absolute Gasteiger partial charge is 0.485 e. The molecule has 0 aliphatic carbocycles. The highest BCUT2D eigenvalue weighted by atomic mass is 16.5. The van der Waals surface area contributed by atoms with Gasteiger partial charge in [-0.15, -0.1) is 0 Å². The molecule has 2 aromatic carbocycles. The highest BCUT2D eigenvalue weighted by Gasteiger charge is 2.30. The van der Waals surface area contributed by atoms with Crippen LogP contribution in [0.1, 0.15) is 28.0 Å². The fraction of sp³-hybridized carbons (Fsp3) is 0.200. The molecule has 1 aromatic heterocycles. The smallest absolute Gasteiger partial charge is 0.346 e. The summed E-state index contributed by atoms with van der Waals surface area (Å²) in [6, 6.07) is 19.1. The number of nitrogens with zero attached hydrogens (tertiary/aromatic N) is 3. The normalized spacial score (nSPS) is 13.3. The minimum Gasteiger partial charge on any atom is -0.485 e. The second-order valence-electron chi connectivity index (χ2n) is 7.78. The maximum atomic E-state index is 12.9. The SMILES string of the molecule is NC(=O)N1CCCN(NC(=O)c2cc(OCc3ccccc3)c(OCc3ccccc3)cn2)C1=O. The molecule has 180 valence electrons. The number of primary amides is 1. The van der Waals surface area contributed by atoms with Gasteiger partial charge < -0.3 is 15.2 Å². The van der Waals surface area contributed by atoms with Gasteiger partial charge in [-0.05, 0) is 17.5 Å². The fourth-order valence-corrected chi connectivity index (χ4v) is 3.45. The van der Waals surface area contributed by atoms with Crippen molar-refractivity contribution in [2.24, 2.45) is 5.73 Å². The lowest BCUT2D eigenvalue weighted by molar-refractivity contribution is 0.0737. The van der Waals surface area contributed by atoms with Gasteiger partial charge in [0.05, 0.1) is 6.20 Å². The summed E-state index contributed by atoms with van der Waals surface area (Å²) in [7, 11) is 0. The van der Waals surface area contributed by atoms with Crippen molar-refractivity contribution in [2.45, 2.75) is 19.6 Å². The summed E-state index contributed by atoms with van der Waals surface area (Å²) in [5.74, 6) is 0.0628. The Morgan fingerprint density at radius 1 is 0.914 bits per heavy atom. The molecule has 5 amide bonds. The molecule has 3 aromatic rings. The molecule has 35 heavy (non-hydrogen) atoms. The highest BCUT2D eigenvalue weighted by Crippen LogP contribution is 2.29. The van der Waals surface area contributed by atoms with Gasteiger partial charge in [0.1, 0.15) is 18.9 Å². The number of carbonyl (C=O) groups is 3. The second-order valence-corrected chi connectivity index (χ2v) is 7.78. The van der Waals surface area contributed by atoms with Crippen LogP contribution < -0.4 is 20.6 Å². The number of pyridine rings is 1. The lowest BCUT2D eigenvalue weighted by Gasteiger charge is -2.33. The highest BCUT2D eigenvalue weighted by molar-refractivity contribution is 5.97. The molecule has 1 saturated heterocycles. The van der Waals surface area contributed by atoms with Crippen molar-refractivity contribution in [1.82, 2.24) is 20.3 Å². The van der Waals surface area contributed by atoms with E-state index in [1.165, 1.54) is 12.3 Å². The van der Waals surface area contributed by atoms with Crippen molar-refractivity contribution in [3.05, 3.63) is 89.7 Å². The maximum Gasteiger partial charge on any atom is 0.346 e. The Morgan fingerprint density at radius 3 is 2.11 bits per heavy atom. The number of rotatable bonds is 8. The van der Waals surface area contributed by atoms with Crippen LogP contribution in [0, 0.1) is 0 Å². The standard InChI is InChI=1S/C25H25N5O5/c26-24(32)29-12-7-13-30(25(29)33)28-23(31)20-14-21(34-16-18-8-3-1-4-9-18)22(15-27-20)35-17-19-10-5-2-6-11-19/h1-6,8-11,14-15H,7,12-13,16-17H2,(H2,26,32)(H,28,31). The monoisotopic (exact) mass is 475 g/mol. The summed E-state index contributed by atoms with van der Waals surface area (Å²) in [4.78, 5) is 41.8. The van der Waals surface area contributed by atoms with Crippen molar-refractivity contribution < 1.29 is 23.9 Å². The molecule has 10 nitrogen and oxygen atoms in total. The van der Waals surface area contributed by atoms with Gasteiger partial charge in [-0.2, -0.15) is 0 Å². The van der Waals surface area contributed by atoms with Gasteiger partial charge in [0.2, 0.25) is 0 Å². The van der Waals surface area contributed by atoms with Gasteiger partial charge in [0.25, 0.3) is 5.91 Å². The topological polar surface area (TPSA) is 127 Å². The minimum absolute atomic E-state index is 0.0177. The first kappa shape index (κ1) is 23.6. The molecule has 0 spiro atoms. The first-order valence-electron chi connectivity index (χ1n) is 11.0. The van der Waals surface area contributed by atoms with Crippen LogP contribution in [-0.2, 0) is 13.2 Å². The summed E-state index contributed by atoms with van der Waals surface area (Å²) in [6.07, 6.45) is 1.88. The molecule has 2 heterocycles. The van der Waals surface area contributed by atoms with Gasteiger partial charge in [-0.25, -0.2) is 24.5 Å². The van der Waals surface area contributed by atoms with E-state index in [0.717, 1.165) is 21.0 Å². The molecule has 10 heteroatoms. The molecule has 0 unspecified atom stereocenters. The number of nitrogens with two attached hydrogens (primary N) is 1. The van der Waals surface area contributed by atoms with Crippen molar-refractivity contribution in [3.8, 4) is 11.5 Å². The van der Waals surface area contributed by atoms with Gasteiger partial charge in [-0.1, -0.05) is 60.7 Å². The Bertz CT molecular complexity index is 1190. The predicted octanol–water partition coefficient (Wildman–Crippen LogP) is 3.09. The molecule has 0 atom stereocenters. The summed E-state index contributed by atoms with van der Waals surface area (Å²) in [6.45, 7) is 0.987. The third-order valence-corrected chi connectivity index (χ3v) is 5.27. The molecule has 1 aliphatic rings. The third kappa shape index (κ3) is 6.05. The molecular formula is C25H25N5O5. The van der Waals surface area contributed by atoms with Gasteiger partial charge in [0, 0.05) is 19.2 Å². The minimum atomic E-state index is -0.872. The Morgan fingerprint density at radius 2 is 1.51 bits per heavy atom. The predicted molar refractivity (Wildman–Crippen MR) is 126 cm³/mol. The lowest BCUT2D eigenvalue weighted by atomic mass is 10.2. The molecule has 0 bridgehead atoms. The second kappa shape index (κ2) is 11.0. The van der Waals surface area contributed by atoms with Gasteiger partial charge in [0.15, 0.2) is 11.5 Å². The van der Waals surface area contributed by atoms with Gasteiger partial charge in [-0.3, -0.25) is 10.2 Å². The average molecular weight is 476 g/mol. The Balaban J connectivity index is 1.51. The Labute approximate surface area is 202 Å². The number of ether oxygens (including phenoxy) is 2. The van der Waals surface area contributed by atoms with Crippen LogP contribution in [0.5, 0.6) is 11.5 Å². The van der Waals surface area contributed by atoms with E-state index in [1.54, 1.807) is 0 Å². The zero-order valence-electron chi connectivity index (χ0n) is 18.9. The summed E-state index contributed by atoms with van der Waals surface area (Å²) in [5.41, 5.74) is 9.64. The number of imide groups is 1. The van der Waals surface area contributed by atoms with Crippen molar-refractivity contribution >= 4 is 18.0 Å². The maximum absolute atomic E-state index is 12.9. The number of aromatic nitrogens is 1. The summed E-state index contributed by atoms with van der Waals surface area (Å²) < 4.78 is 11.9. The number of hydrogen-bond acceptors (Lipinski definition) is 6. The Kier molecular flexibility index (Phi) is 7.41. The molecule has 4 rings (SSSR count). The first-order chi connectivity index (χ1) is 17.0. The molecule has 0 saturated carbocycles. The first-order valence-corrected chi connectivity index (χ1v) is 11.0. The van der Waals surface area contributed by atoms with E-state index in [9.17, 15) is 14.4 Å². The summed E-state index contributed by atoms with van der Waals surface area (Å²) in [5, 5.41) is 1.04. The molecular weight excluding hydrogens is 450 g/mol. The number of nitrogens with one attached hydrogen (secondary N) is 1. The number of hydrogen-bond donors (Lipinski definition) is 2. The fourth-order valence-electron chi connectivity index (χ4n) is 3.45. The number of carbonyl (C=O) groups excluding carboxylic acids is 3. The number of urea groups is 2. The van der Waals surface area contributed by atoms with Crippen LogP contribution in [0.3, 0.4) is 0 Å². The van der Waals surface area contributed by atoms with E-state index >= 15 is 0 Å². The van der Waals surface area contributed by atoms with Crippen LogP contribution in [-0.4, -0.2) is 46.0 Å². The molecule has 1 aliphatic heterocycles. The average Bonchev–Trinajstić information content (AvgIpc) is 2.88. The Hall–Kier alpha value is -4.60. The summed E-state index contributed by atoms with van der Waals surface area (Å²) >= 11 is 0. The number of hydrazine groups is 1. The van der Waals surface area contributed by atoms with E-state index < -0.39 is 18.0 Å². The molecule has 3 N–H and O–H groups in total. The van der Waals surface area contributed by atoms with Gasteiger partial charge >= 0.3 is 12.1 Å². The number of benzene rings is 2. The van der Waals surface area contributed by atoms with Crippen LogP contribution >= 0.6 is 0 Å². The van der Waals surface area contributed by atoms with Crippen molar-refractivity contribution in [1.29, 1.82) is 0 Å². The third-order valence-electron chi connectivity index (χ3n) is 5.27. The van der Waals surface area contributed by atoms with E-state index in [-0.39, 0.29) is 25.4 Å². The lowest BCUT2D eigenvalue weighted by Crippen LogP contribution is -2.58. The van der Waals surface area contributed by atoms with E-state index in [0.29, 0.717) is 24.5 Å². The molecule has 0 radical (unpaired) electrons. The zero-order chi connectivity index (χ0) is 24.6. The number of amides is 5.